The molecule has 2 heterocycles. The fourth-order valence-corrected chi connectivity index (χ4v) is 1.73. The summed E-state index contributed by atoms with van der Waals surface area (Å²) in [6.07, 6.45) is 2.74. The number of hydrogen-bond donors (Lipinski definition) is 1. The molecule has 0 atom stereocenters. The lowest BCUT2D eigenvalue weighted by molar-refractivity contribution is 0.103. The van der Waals surface area contributed by atoms with Crippen molar-refractivity contribution in [1.29, 1.82) is 0 Å². The van der Waals surface area contributed by atoms with Crippen molar-refractivity contribution in [2.45, 2.75) is 0 Å². The number of aromatic nitrogens is 2. The van der Waals surface area contributed by atoms with Gasteiger partial charge in [-0.25, -0.2) is 9.97 Å². The van der Waals surface area contributed by atoms with Gasteiger partial charge in [0.2, 0.25) is 5.28 Å². The lowest BCUT2D eigenvalue weighted by Crippen LogP contribution is -2.10. The van der Waals surface area contributed by atoms with Gasteiger partial charge in [0, 0.05) is 0 Å². The van der Waals surface area contributed by atoms with Crippen LogP contribution in [0.1, 0.15) is 9.67 Å². The van der Waals surface area contributed by atoms with E-state index in [1.165, 1.54) is 24.5 Å². The van der Waals surface area contributed by atoms with E-state index in [9.17, 15) is 9.18 Å². The van der Waals surface area contributed by atoms with E-state index in [1.807, 2.05) is 0 Å². The van der Waals surface area contributed by atoms with E-state index in [0.29, 0.717) is 5.69 Å². The molecule has 0 aliphatic heterocycles. The van der Waals surface area contributed by atoms with Gasteiger partial charge >= 0.3 is 0 Å². The highest BCUT2D eigenvalue weighted by atomic mass is 35.5. The molecule has 2 rings (SSSR count). The van der Waals surface area contributed by atoms with Crippen molar-refractivity contribution in [3.63, 3.8) is 0 Å². The van der Waals surface area contributed by atoms with Crippen LogP contribution in [-0.2, 0) is 0 Å². The Kier molecular flexibility index (Phi) is 3.12. The summed E-state index contributed by atoms with van der Waals surface area (Å²) in [6.45, 7) is 0. The molecule has 0 saturated heterocycles. The van der Waals surface area contributed by atoms with Crippen molar-refractivity contribution < 1.29 is 9.18 Å². The standard InChI is InChI=1S/C9H5ClFN3OS/c10-9-12-3-5(4-13-9)14-8(15)6-1-2-7(11)16-6/h1-4H,(H,14,15). The van der Waals surface area contributed by atoms with Gasteiger partial charge in [-0.1, -0.05) is 0 Å². The Balaban J connectivity index is 2.10. The second-order valence-corrected chi connectivity index (χ2v) is 4.17. The van der Waals surface area contributed by atoms with Crippen molar-refractivity contribution >= 4 is 34.5 Å². The number of halogens is 2. The van der Waals surface area contributed by atoms with E-state index in [2.05, 4.69) is 15.3 Å². The lowest BCUT2D eigenvalue weighted by Gasteiger charge is -2.01. The molecule has 4 nitrogen and oxygen atoms in total. The highest BCUT2D eigenvalue weighted by Gasteiger charge is 2.09. The third-order valence-corrected chi connectivity index (χ3v) is 2.74. The van der Waals surface area contributed by atoms with Crippen LogP contribution >= 0.6 is 22.9 Å². The Labute approximate surface area is 99.1 Å². The second kappa shape index (κ2) is 4.54. The second-order valence-electron chi connectivity index (χ2n) is 2.80. The average molecular weight is 258 g/mol. The maximum atomic E-state index is 12.7. The highest BCUT2D eigenvalue weighted by molar-refractivity contribution is 7.12. The van der Waals surface area contributed by atoms with E-state index in [1.54, 1.807) is 0 Å². The first-order chi connectivity index (χ1) is 7.65. The number of carbonyl (C=O) groups excluding carboxylic acids is 1. The number of nitrogens with one attached hydrogen (secondary N) is 1. The van der Waals surface area contributed by atoms with Crippen LogP contribution in [0.15, 0.2) is 24.5 Å². The maximum Gasteiger partial charge on any atom is 0.265 e. The van der Waals surface area contributed by atoms with Crippen LogP contribution < -0.4 is 5.32 Å². The number of nitrogens with zero attached hydrogens (tertiary/aromatic N) is 2. The van der Waals surface area contributed by atoms with Crippen molar-refractivity contribution in [2.24, 2.45) is 0 Å². The van der Waals surface area contributed by atoms with E-state index in [4.69, 9.17) is 11.6 Å². The van der Waals surface area contributed by atoms with Gasteiger partial charge in [-0.3, -0.25) is 4.79 Å². The molecule has 0 unspecified atom stereocenters. The zero-order valence-corrected chi connectivity index (χ0v) is 9.35. The predicted octanol–water partition coefficient (Wildman–Crippen LogP) is 2.58. The number of hydrogen-bond acceptors (Lipinski definition) is 4. The third-order valence-electron chi connectivity index (χ3n) is 1.68. The molecular weight excluding hydrogens is 253 g/mol. The van der Waals surface area contributed by atoms with Gasteiger partial charge < -0.3 is 5.32 Å². The molecule has 16 heavy (non-hydrogen) atoms. The van der Waals surface area contributed by atoms with Crippen molar-refractivity contribution in [3.8, 4) is 0 Å². The summed E-state index contributed by atoms with van der Waals surface area (Å²) in [5.74, 6) is -0.403. The lowest BCUT2D eigenvalue weighted by atomic mass is 10.4. The van der Waals surface area contributed by atoms with Crippen molar-refractivity contribution in [3.05, 3.63) is 39.8 Å². The largest absolute Gasteiger partial charge is 0.319 e. The minimum absolute atomic E-state index is 0.0974. The van der Waals surface area contributed by atoms with Crippen LogP contribution in [0.5, 0.6) is 0 Å². The fraction of sp³-hybridized carbons (Fsp3) is 0. The van der Waals surface area contributed by atoms with Crippen LogP contribution in [0.25, 0.3) is 0 Å². The normalized spacial score (nSPS) is 10.1. The molecule has 0 aromatic carbocycles. The first kappa shape index (κ1) is 11.0. The average Bonchev–Trinajstić information content (AvgIpc) is 2.68. The van der Waals surface area contributed by atoms with Crippen LogP contribution in [-0.4, -0.2) is 15.9 Å². The first-order valence-electron chi connectivity index (χ1n) is 4.19. The molecule has 0 spiro atoms. The number of anilines is 1. The van der Waals surface area contributed by atoms with E-state index in [-0.39, 0.29) is 10.2 Å². The van der Waals surface area contributed by atoms with Gasteiger partial charge in [-0.15, -0.1) is 11.3 Å². The Morgan fingerprint density at radius 1 is 1.38 bits per heavy atom. The Bertz CT molecular complexity index is 514. The van der Waals surface area contributed by atoms with Gasteiger partial charge in [0.15, 0.2) is 5.13 Å². The summed E-state index contributed by atoms with van der Waals surface area (Å²) < 4.78 is 12.7. The molecule has 2 aromatic heterocycles. The summed E-state index contributed by atoms with van der Waals surface area (Å²) in [4.78, 5) is 19.2. The number of rotatable bonds is 2. The first-order valence-corrected chi connectivity index (χ1v) is 5.39. The van der Waals surface area contributed by atoms with E-state index >= 15 is 0 Å². The van der Waals surface area contributed by atoms with E-state index < -0.39 is 11.0 Å². The Morgan fingerprint density at radius 2 is 2.06 bits per heavy atom. The molecule has 1 amide bonds. The predicted molar refractivity (Wildman–Crippen MR) is 59.3 cm³/mol. The minimum atomic E-state index is -0.405. The van der Waals surface area contributed by atoms with Gasteiger partial charge in [0.05, 0.1) is 23.0 Å². The van der Waals surface area contributed by atoms with Crippen molar-refractivity contribution in [2.75, 3.05) is 5.32 Å². The Hall–Kier alpha value is -1.53. The van der Waals surface area contributed by atoms with Crippen LogP contribution in [0.3, 0.4) is 0 Å². The van der Waals surface area contributed by atoms with Crippen LogP contribution in [0, 0.1) is 5.13 Å². The maximum absolute atomic E-state index is 12.7. The molecule has 1 N–H and O–H groups in total. The zero-order valence-electron chi connectivity index (χ0n) is 7.78. The molecule has 7 heteroatoms. The molecule has 0 aliphatic rings. The van der Waals surface area contributed by atoms with Crippen LogP contribution in [0.4, 0.5) is 10.1 Å². The van der Waals surface area contributed by atoms with E-state index in [0.717, 1.165) is 11.3 Å². The molecular formula is C9H5ClFN3OS. The number of thiophene rings is 1. The molecule has 82 valence electrons. The SMILES string of the molecule is O=C(Nc1cnc(Cl)nc1)c1ccc(F)s1. The summed E-state index contributed by atoms with van der Waals surface area (Å²) in [6, 6.07) is 2.64. The summed E-state index contributed by atoms with van der Waals surface area (Å²) in [5, 5.41) is 2.21. The topological polar surface area (TPSA) is 54.9 Å². The monoisotopic (exact) mass is 257 g/mol. The number of amides is 1. The molecule has 0 bridgehead atoms. The van der Waals surface area contributed by atoms with Gasteiger partial charge in [-0.2, -0.15) is 4.39 Å². The van der Waals surface area contributed by atoms with Crippen LogP contribution in [0.2, 0.25) is 5.28 Å². The number of carbonyl (C=O) groups is 1. The summed E-state index contributed by atoms with van der Waals surface area (Å²) >= 11 is 6.26. The molecule has 2 aromatic rings. The summed E-state index contributed by atoms with van der Waals surface area (Å²) in [5.41, 5.74) is 0.406. The molecule has 0 saturated carbocycles. The molecule has 0 aliphatic carbocycles. The quantitative estimate of drug-likeness (QED) is 0.842. The Morgan fingerprint density at radius 3 is 2.62 bits per heavy atom. The van der Waals surface area contributed by atoms with Gasteiger partial charge in [-0.05, 0) is 23.7 Å². The van der Waals surface area contributed by atoms with Crippen molar-refractivity contribution in [1.82, 2.24) is 9.97 Å². The highest BCUT2D eigenvalue weighted by Crippen LogP contribution is 2.16. The van der Waals surface area contributed by atoms with Gasteiger partial charge in [0.1, 0.15) is 0 Å². The minimum Gasteiger partial charge on any atom is -0.319 e. The fourth-order valence-electron chi connectivity index (χ4n) is 1.01. The van der Waals surface area contributed by atoms with Gasteiger partial charge in [0.25, 0.3) is 5.91 Å². The third kappa shape index (κ3) is 2.53. The molecule has 0 fully saturated rings. The molecule has 0 radical (unpaired) electrons. The zero-order chi connectivity index (χ0) is 11.5. The summed E-state index contributed by atoms with van der Waals surface area (Å²) in [7, 11) is 0. The smallest absolute Gasteiger partial charge is 0.265 e.